The van der Waals surface area contributed by atoms with Gasteiger partial charge in [0, 0.05) is 13.1 Å². The molecule has 10 heteroatoms. The second-order valence-electron chi connectivity index (χ2n) is 9.82. The average molecular weight is 499 g/mol. The summed E-state index contributed by atoms with van der Waals surface area (Å²) in [5, 5.41) is 13.6. The monoisotopic (exact) mass is 498 g/mol. The van der Waals surface area contributed by atoms with E-state index < -0.39 is 39.5 Å². The van der Waals surface area contributed by atoms with E-state index in [0.717, 1.165) is 19.3 Å². The topological polar surface area (TPSA) is 113 Å². The first-order chi connectivity index (χ1) is 15.5. The van der Waals surface area contributed by atoms with Crippen LogP contribution in [-0.2, 0) is 24.3 Å². The van der Waals surface area contributed by atoms with Crippen LogP contribution < -0.4 is 5.32 Å². The first-order valence-electron chi connectivity index (χ1n) is 11.5. The van der Waals surface area contributed by atoms with Crippen molar-refractivity contribution < 1.29 is 27.9 Å². The Hall–Kier alpha value is -1.68. The molecule has 4 aliphatic carbocycles. The molecule has 33 heavy (non-hydrogen) atoms. The zero-order valence-corrected chi connectivity index (χ0v) is 20.5. The SMILES string of the molecule is CCN(CC)S(=O)(=O)c1ccc(Cl)c(NC(=O)COC(=O)C23CC4CC(CC(O)(C4)C2)C3)c1. The van der Waals surface area contributed by atoms with Gasteiger partial charge in [-0.25, -0.2) is 8.42 Å². The Morgan fingerprint density at radius 2 is 1.82 bits per heavy atom. The van der Waals surface area contributed by atoms with Gasteiger partial charge < -0.3 is 15.2 Å². The molecule has 5 rings (SSSR count). The Morgan fingerprint density at radius 3 is 2.39 bits per heavy atom. The largest absolute Gasteiger partial charge is 0.455 e. The van der Waals surface area contributed by atoms with E-state index >= 15 is 0 Å². The summed E-state index contributed by atoms with van der Waals surface area (Å²) in [6.07, 6.45) is 4.31. The lowest BCUT2D eigenvalue weighted by Crippen LogP contribution is -2.58. The van der Waals surface area contributed by atoms with Gasteiger partial charge in [-0.3, -0.25) is 9.59 Å². The molecule has 2 atom stereocenters. The van der Waals surface area contributed by atoms with Crippen LogP contribution in [0.2, 0.25) is 5.02 Å². The van der Waals surface area contributed by atoms with Crippen molar-refractivity contribution in [1.29, 1.82) is 0 Å². The molecule has 1 aromatic carbocycles. The summed E-state index contributed by atoms with van der Waals surface area (Å²) in [6, 6.07) is 4.11. The average Bonchev–Trinajstić information content (AvgIpc) is 2.72. The minimum absolute atomic E-state index is 0.0182. The summed E-state index contributed by atoms with van der Waals surface area (Å²) >= 11 is 6.17. The van der Waals surface area contributed by atoms with E-state index in [1.54, 1.807) is 13.8 Å². The number of rotatable bonds is 8. The number of hydrogen-bond acceptors (Lipinski definition) is 6. The van der Waals surface area contributed by atoms with Gasteiger partial charge in [-0.15, -0.1) is 0 Å². The third-order valence-electron chi connectivity index (χ3n) is 7.35. The van der Waals surface area contributed by atoms with Crippen LogP contribution in [0.3, 0.4) is 0 Å². The van der Waals surface area contributed by atoms with Crippen molar-refractivity contribution >= 4 is 39.2 Å². The van der Waals surface area contributed by atoms with Gasteiger partial charge in [0.05, 0.1) is 26.6 Å². The van der Waals surface area contributed by atoms with E-state index in [0.29, 0.717) is 44.2 Å². The normalized spacial score (nSPS) is 30.5. The predicted molar refractivity (Wildman–Crippen MR) is 123 cm³/mol. The molecule has 0 spiro atoms. The molecule has 0 radical (unpaired) electrons. The Kier molecular flexibility index (Phi) is 6.54. The highest BCUT2D eigenvalue weighted by molar-refractivity contribution is 7.89. The summed E-state index contributed by atoms with van der Waals surface area (Å²) in [6.45, 7) is 3.62. The Balaban J connectivity index is 1.41. The molecular formula is C23H31ClN2O6S. The van der Waals surface area contributed by atoms with E-state index in [1.807, 2.05) is 0 Å². The Bertz CT molecular complexity index is 1040. The van der Waals surface area contributed by atoms with Gasteiger partial charge >= 0.3 is 5.97 Å². The maximum atomic E-state index is 13.0. The van der Waals surface area contributed by atoms with E-state index in [2.05, 4.69) is 5.32 Å². The Labute approximate surface area is 199 Å². The number of amides is 1. The standard InChI is InChI=1S/C23H31ClN2O6S/c1-3-26(4-2)33(30,31)17-5-6-18(24)19(8-17)25-20(27)13-32-21(28)22-9-15-7-16(10-22)12-23(29,11-15)14-22/h5-6,8,15-16,29H,3-4,7,9-14H2,1-2H3,(H,25,27). The van der Waals surface area contributed by atoms with Gasteiger partial charge in [-0.2, -0.15) is 4.31 Å². The molecule has 0 aromatic heterocycles. The van der Waals surface area contributed by atoms with Crippen LogP contribution in [0.5, 0.6) is 0 Å². The number of sulfonamides is 1. The van der Waals surface area contributed by atoms with Crippen molar-refractivity contribution in [3.8, 4) is 0 Å². The first kappa shape index (κ1) is 24.4. The van der Waals surface area contributed by atoms with Crippen LogP contribution in [0.4, 0.5) is 5.69 Å². The zero-order valence-electron chi connectivity index (χ0n) is 19.0. The van der Waals surface area contributed by atoms with Gasteiger partial charge in [0.2, 0.25) is 10.0 Å². The molecule has 2 unspecified atom stereocenters. The molecule has 0 heterocycles. The fourth-order valence-corrected chi connectivity index (χ4v) is 8.05. The number of anilines is 1. The zero-order chi connectivity index (χ0) is 24.0. The molecular weight excluding hydrogens is 468 g/mol. The van der Waals surface area contributed by atoms with Crippen molar-refractivity contribution in [2.75, 3.05) is 25.0 Å². The van der Waals surface area contributed by atoms with E-state index in [9.17, 15) is 23.1 Å². The highest BCUT2D eigenvalue weighted by atomic mass is 35.5. The number of ether oxygens (including phenoxy) is 1. The second kappa shape index (κ2) is 8.83. The molecule has 4 saturated carbocycles. The van der Waals surface area contributed by atoms with Gasteiger partial charge in [-0.1, -0.05) is 25.4 Å². The van der Waals surface area contributed by atoms with Crippen molar-refractivity contribution in [3.63, 3.8) is 0 Å². The molecule has 0 aliphatic heterocycles. The molecule has 4 aliphatic rings. The summed E-state index contributed by atoms with van der Waals surface area (Å²) in [7, 11) is -3.72. The summed E-state index contributed by atoms with van der Waals surface area (Å²) in [4.78, 5) is 25.5. The molecule has 2 N–H and O–H groups in total. The molecule has 4 bridgehead atoms. The van der Waals surface area contributed by atoms with Gasteiger partial charge in [0.25, 0.3) is 5.91 Å². The van der Waals surface area contributed by atoms with Gasteiger partial charge in [0.15, 0.2) is 6.61 Å². The van der Waals surface area contributed by atoms with Crippen molar-refractivity contribution in [2.45, 2.75) is 62.9 Å². The molecule has 1 amide bonds. The van der Waals surface area contributed by atoms with Gasteiger partial charge in [-0.05, 0) is 68.6 Å². The fraction of sp³-hybridized carbons (Fsp3) is 0.652. The maximum absolute atomic E-state index is 13.0. The van der Waals surface area contributed by atoms with Crippen molar-refractivity contribution in [1.82, 2.24) is 4.31 Å². The predicted octanol–water partition coefficient (Wildman–Crippen LogP) is 3.18. The summed E-state index contributed by atoms with van der Waals surface area (Å²) in [5.74, 6) is -0.390. The molecule has 1 aromatic rings. The highest BCUT2D eigenvalue weighted by Crippen LogP contribution is 2.61. The fourth-order valence-electron chi connectivity index (χ4n) is 6.40. The second-order valence-corrected chi connectivity index (χ2v) is 12.2. The number of aliphatic hydroxyl groups is 1. The minimum atomic E-state index is -3.72. The third kappa shape index (κ3) is 4.65. The lowest BCUT2D eigenvalue weighted by Gasteiger charge is -2.58. The number of esters is 1. The number of carbonyl (C=O) groups excluding carboxylic acids is 2. The molecule has 4 fully saturated rings. The van der Waals surface area contributed by atoms with Crippen molar-refractivity contribution in [3.05, 3.63) is 23.2 Å². The van der Waals surface area contributed by atoms with Crippen LogP contribution >= 0.6 is 11.6 Å². The van der Waals surface area contributed by atoms with Crippen LogP contribution in [0, 0.1) is 17.3 Å². The smallest absolute Gasteiger partial charge is 0.312 e. The minimum Gasteiger partial charge on any atom is -0.455 e. The van der Waals surface area contributed by atoms with E-state index in [-0.39, 0.29) is 15.6 Å². The Morgan fingerprint density at radius 1 is 1.18 bits per heavy atom. The lowest BCUT2D eigenvalue weighted by atomic mass is 9.48. The summed E-state index contributed by atoms with van der Waals surface area (Å²) in [5.41, 5.74) is -1.38. The van der Waals surface area contributed by atoms with Crippen LogP contribution in [0.15, 0.2) is 23.1 Å². The molecule has 182 valence electrons. The summed E-state index contributed by atoms with van der Waals surface area (Å²) < 4.78 is 32.2. The van der Waals surface area contributed by atoms with Crippen LogP contribution in [0.1, 0.15) is 52.4 Å². The third-order valence-corrected chi connectivity index (χ3v) is 9.73. The highest BCUT2D eigenvalue weighted by Gasteiger charge is 2.60. The number of halogens is 1. The molecule has 0 saturated heterocycles. The van der Waals surface area contributed by atoms with Crippen LogP contribution in [0.25, 0.3) is 0 Å². The van der Waals surface area contributed by atoms with Crippen molar-refractivity contribution in [2.24, 2.45) is 17.3 Å². The van der Waals surface area contributed by atoms with Gasteiger partial charge in [0.1, 0.15) is 0 Å². The number of carbonyl (C=O) groups is 2. The van der Waals surface area contributed by atoms with Crippen LogP contribution in [-0.4, -0.2) is 55.0 Å². The maximum Gasteiger partial charge on any atom is 0.312 e. The molecule has 8 nitrogen and oxygen atoms in total. The quantitative estimate of drug-likeness (QED) is 0.532. The number of nitrogens with one attached hydrogen (secondary N) is 1. The van der Waals surface area contributed by atoms with E-state index in [4.69, 9.17) is 16.3 Å². The number of benzene rings is 1. The lowest BCUT2D eigenvalue weighted by molar-refractivity contribution is -0.196. The van der Waals surface area contributed by atoms with E-state index in [1.165, 1.54) is 22.5 Å². The first-order valence-corrected chi connectivity index (χ1v) is 13.3. The number of hydrogen-bond donors (Lipinski definition) is 2. The number of nitrogens with zero attached hydrogens (tertiary/aromatic N) is 1.